The van der Waals surface area contributed by atoms with E-state index in [4.69, 9.17) is 0 Å². The Hall–Kier alpha value is -2.72. The second kappa shape index (κ2) is 8.75. The third-order valence-corrected chi connectivity index (χ3v) is 5.62. The zero-order chi connectivity index (χ0) is 21.1. The van der Waals surface area contributed by atoms with Gasteiger partial charge in [-0.3, -0.25) is 9.59 Å². The number of carbonyl (C=O) groups is 2. The molecular weight excluding hydrogens is 376 g/mol. The van der Waals surface area contributed by atoms with Gasteiger partial charge in [-0.2, -0.15) is 0 Å². The smallest absolute Gasteiger partial charge is 0.247 e. The van der Waals surface area contributed by atoms with Crippen molar-refractivity contribution < 1.29 is 18.4 Å². The number of fused-ring (bicyclic) bond motifs is 1. The van der Waals surface area contributed by atoms with E-state index in [0.717, 1.165) is 30.7 Å². The van der Waals surface area contributed by atoms with Gasteiger partial charge in [0.1, 0.15) is 11.6 Å². The Labute approximate surface area is 169 Å². The van der Waals surface area contributed by atoms with Crippen LogP contribution in [0, 0.1) is 29.4 Å². The maximum atomic E-state index is 14.0. The Bertz CT molecular complexity index is 916. The normalized spacial score (nSPS) is 24.7. The molecule has 0 aromatic heterocycles. The average Bonchev–Trinajstić information content (AvgIpc) is 2.65. The number of hydrogen-bond acceptors (Lipinski definition) is 3. The Morgan fingerprint density at radius 1 is 1.38 bits per heavy atom. The van der Waals surface area contributed by atoms with Crippen LogP contribution in [0.5, 0.6) is 0 Å². The van der Waals surface area contributed by atoms with Crippen molar-refractivity contribution in [2.45, 2.75) is 51.7 Å². The van der Waals surface area contributed by atoms with Crippen LogP contribution in [0.2, 0.25) is 0 Å². The highest BCUT2D eigenvalue weighted by atomic mass is 19.1. The SMILES string of the molecule is CC#CC1NCCC2NC(=O)C(CC(=O)N[C@@H](C)c3ccc(F)cc3F)=C(C)C12. The van der Waals surface area contributed by atoms with E-state index in [2.05, 4.69) is 27.8 Å². The molecule has 154 valence electrons. The summed E-state index contributed by atoms with van der Waals surface area (Å²) in [6.07, 6.45) is 0.691. The molecule has 1 aromatic carbocycles. The van der Waals surface area contributed by atoms with E-state index >= 15 is 0 Å². The zero-order valence-corrected chi connectivity index (χ0v) is 16.7. The highest BCUT2D eigenvalue weighted by molar-refractivity contribution is 6.00. The van der Waals surface area contributed by atoms with Crippen LogP contribution in [-0.2, 0) is 9.59 Å². The minimum absolute atomic E-state index is 0.00339. The molecule has 1 fully saturated rings. The first-order valence-corrected chi connectivity index (χ1v) is 9.72. The maximum Gasteiger partial charge on any atom is 0.247 e. The van der Waals surface area contributed by atoms with Crippen molar-refractivity contribution in [1.29, 1.82) is 0 Å². The third kappa shape index (κ3) is 4.48. The van der Waals surface area contributed by atoms with Gasteiger partial charge in [0, 0.05) is 29.2 Å². The molecule has 2 aliphatic heterocycles. The molecule has 1 aromatic rings. The van der Waals surface area contributed by atoms with Crippen LogP contribution in [0.1, 0.15) is 45.2 Å². The fourth-order valence-electron chi connectivity index (χ4n) is 4.18. The van der Waals surface area contributed by atoms with Gasteiger partial charge in [-0.1, -0.05) is 17.6 Å². The van der Waals surface area contributed by atoms with Gasteiger partial charge in [-0.25, -0.2) is 8.78 Å². The number of halogens is 2. The molecule has 0 aliphatic carbocycles. The van der Waals surface area contributed by atoms with Crippen LogP contribution in [0.25, 0.3) is 0 Å². The predicted molar refractivity (Wildman–Crippen MR) is 106 cm³/mol. The highest BCUT2D eigenvalue weighted by Crippen LogP contribution is 2.32. The minimum Gasteiger partial charge on any atom is -0.349 e. The molecule has 4 atom stereocenters. The molecule has 3 rings (SSSR count). The Morgan fingerprint density at radius 2 is 2.14 bits per heavy atom. The molecular formula is C22H25F2N3O2. The van der Waals surface area contributed by atoms with Crippen molar-refractivity contribution in [2.24, 2.45) is 5.92 Å². The molecule has 0 saturated carbocycles. The quantitative estimate of drug-likeness (QED) is 0.679. The second-order valence-electron chi connectivity index (χ2n) is 7.51. The van der Waals surface area contributed by atoms with Crippen molar-refractivity contribution in [3.63, 3.8) is 0 Å². The number of carbonyl (C=O) groups excluding carboxylic acids is 2. The fraction of sp³-hybridized carbons (Fsp3) is 0.455. The first kappa shape index (κ1) is 21.0. The van der Waals surface area contributed by atoms with Crippen molar-refractivity contribution in [3.05, 3.63) is 46.5 Å². The fourth-order valence-corrected chi connectivity index (χ4v) is 4.18. The molecule has 5 nitrogen and oxygen atoms in total. The van der Waals surface area contributed by atoms with Gasteiger partial charge in [0.15, 0.2) is 0 Å². The summed E-state index contributed by atoms with van der Waals surface area (Å²) in [6, 6.07) is 2.49. The van der Waals surface area contributed by atoms with Gasteiger partial charge in [-0.05, 0) is 39.8 Å². The molecule has 3 unspecified atom stereocenters. The maximum absolute atomic E-state index is 14.0. The van der Waals surface area contributed by atoms with E-state index < -0.39 is 23.6 Å². The van der Waals surface area contributed by atoms with Gasteiger partial charge in [0.05, 0.1) is 18.5 Å². The largest absolute Gasteiger partial charge is 0.349 e. The summed E-state index contributed by atoms with van der Waals surface area (Å²) >= 11 is 0. The Balaban J connectivity index is 1.76. The summed E-state index contributed by atoms with van der Waals surface area (Å²) in [7, 11) is 0. The summed E-state index contributed by atoms with van der Waals surface area (Å²) in [5.41, 5.74) is 1.46. The van der Waals surface area contributed by atoms with E-state index in [9.17, 15) is 18.4 Å². The van der Waals surface area contributed by atoms with Crippen LogP contribution >= 0.6 is 0 Å². The van der Waals surface area contributed by atoms with Gasteiger partial charge >= 0.3 is 0 Å². The number of nitrogens with one attached hydrogen (secondary N) is 3. The minimum atomic E-state index is -0.722. The second-order valence-corrected chi connectivity index (χ2v) is 7.51. The lowest BCUT2D eigenvalue weighted by Crippen LogP contribution is -2.58. The van der Waals surface area contributed by atoms with Gasteiger partial charge in [0.2, 0.25) is 11.8 Å². The first-order chi connectivity index (χ1) is 13.8. The number of hydrogen-bond donors (Lipinski definition) is 3. The highest BCUT2D eigenvalue weighted by Gasteiger charge is 2.40. The van der Waals surface area contributed by atoms with Crippen molar-refractivity contribution in [2.75, 3.05) is 6.54 Å². The summed E-state index contributed by atoms with van der Waals surface area (Å²) < 4.78 is 27.0. The van der Waals surface area contributed by atoms with E-state index in [-0.39, 0.29) is 35.9 Å². The van der Waals surface area contributed by atoms with Gasteiger partial charge in [0.25, 0.3) is 0 Å². The molecule has 0 radical (unpaired) electrons. The number of rotatable bonds is 4. The molecule has 0 spiro atoms. The van der Waals surface area contributed by atoms with E-state index in [1.54, 1.807) is 13.8 Å². The average molecular weight is 401 g/mol. The molecule has 1 saturated heterocycles. The van der Waals surface area contributed by atoms with E-state index in [0.29, 0.717) is 5.57 Å². The van der Waals surface area contributed by atoms with Crippen LogP contribution in [0.3, 0.4) is 0 Å². The topological polar surface area (TPSA) is 70.2 Å². The van der Waals surface area contributed by atoms with Crippen LogP contribution in [-0.4, -0.2) is 30.4 Å². The monoisotopic (exact) mass is 401 g/mol. The molecule has 7 heteroatoms. The lowest BCUT2D eigenvalue weighted by Gasteiger charge is -2.41. The first-order valence-electron chi connectivity index (χ1n) is 9.72. The standard InChI is InChI=1S/C22H25F2N3O2/c1-4-5-18-21-12(2)16(22(29)27-19(21)8-9-25-18)11-20(28)26-13(3)15-7-6-14(23)10-17(15)24/h6-7,10,13,18-19,21,25H,8-9,11H2,1-3H3,(H,26,28)(H,27,29)/t13-,18?,19?,21?/m0/s1. The summed E-state index contributed by atoms with van der Waals surface area (Å²) in [5, 5.41) is 9.07. The Morgan fingerprint density at radius 3 is 2.83 bits per heavy atom. The molecule has 29 heavy (non-hydrogen) atoms. The van der Waals surface area contributed by atoms with Crippen molar-refractivity contribution >= 4 is 11.8 Å². The van der Waals surface area contributed by atoms with Crippen LogP contribution in [0.4, 0.5) is 8.78 Å². The summed E-state index contributed by atoms with van der Waals surface area (Å²) in [4.78, 5) is 25.2. The summed E-state index contributed by atoms with van der Waals surface area (Å²) in [6.45, 7) is 6.03. The molecule has 2 aliphatic rings. The Kier molecular flexibility index (Phi) is 6.33. The van der Waals surface area contributed by atoms with E-state index in [1.165, 1.54) is 6.07 Å². The van der Waals surface area contributed by atoms with E-state index in [1.807, 2.05) is 6.92 Å². The van der Waals surface area contributed by atoms with Crippen molar-refractivity contribution in [3.8, 4) is 11.8 Å². The predicted octanol–water partition coefficient (Wildman–Crippen LogP) is 2.35. The molecule has 2 amide bonds. The number of benzene rings is 1. The zero-order valence-electron chi connectivity index (χ0n) is 16.7. The van der Waals surface area contributed by atoms with Crippen LogP contribution in [0.15, 0.2) is 29.3 Å². The third-order valence-electron chi connectivity index (χ3n) is 5.62. The van der Waals surface area contributed by atoms with Gasteiger partial charge < -0.3 is 16.0 Å². The lowest BCUT2D eigenvalue weighted by molar-refractivity contribution is -0.124. The molecule has 0 bridgehead atoms. The van der Waals surface area contributed by atoms with Gasteiger partial charge in [-0.15, -0.1) is 5.92 Å². The molecule has 2 heterocycles. The van der Waals surface area contributed by atoms with Crippen molar-refractivity contribution in [1.82, 2.24) is 16.0 Å². The summed E-state index contributed by atoms with van der Waals surface area (Å²) in [5.74, 6) is 4.03. The lowest BCUT2D eigenvalue weighted by atomic mass is 9.76. The molecule has 3 N–H and O–H groups in total. The number of amides is 2. The number of piperidine rings is 1. The van der Waals surface area contributed by atoms with Crippen LogP contribution < -0.4 is 16.0 Å².